The molecule has 7 nitrogen and oxygen atoms in total. The van der Waals surface area contributed by atoms with E-state index in [0.29, 0.717) is 0 Å². The first-order valence-electron chi connectivity index (χ1n) is 6.20. The quantitative estimate of drug-likeness (QED) is 0.290. The van der Waals surface area contributed by atoms with Crippen LogP contribution in [0.4, 0.5) is 26.3 Å². The van der Waals surface area contributed by atoms with Crippen molar-refractivity contribution < 1.29 is 55.4 Å². The molecule has 0 radical (unpaired) electrons. The van der Waals surface area contributed by atoms with E-state index in [-0.39, 0.29) is 6.26 Å². The maximum Gasteiger partial charge on any atom is 0.390 e. The van der Waals surface area contributed by atoms with E-state index in [2.05, 4.69) is 12.2 Å². The molecule has 0 aromatic rings. The van der Waals surface area contributed by atoms with Gasteiger partial charge in [0.25, 0.3) is 10.1 Å². The highest BCUT2D eigenvalue weighted by atomic mass is 32.3. The van der Waals surface area contributed by atoms with Crippen molar-refractivity contribution in [1.29, 1.82) is 0 Å². The molecule has 0 aliphatic rings. The maximum atomic E-state index is 13.4. The Hall–Kier alpha value is -0.423. The highest BCUT2D eigenvalue weighted by molar-refractivity contribution is 7.86. The lowest BCUT2D eigenvalue weighted by Gasteiger charge is -2.32. The number of halogens is 6. The van der Waals surface area contributed by atoms with E-state index in [0.717, 1.165) is 0 Å². The number of alkyl halides is 6. The highest BCUT2D eigenvalue weighted by Crippen LogP contribution is 2.46. The molecule has 0 aromatic heterocycles. The minimum Gasteiger partial charge on any atom is -0.294 e. The highest BCUT2D eigenvalue weighted by Gasteiger charge is 2.72. The summed E-state index contributed by atoms with van der Waals surface area (Å²) >= 11 is 0. The molecule has 0 spiro atoms. The third-order valence-electron chi connectivity index (χ3n) is 2.11. The lowest BCUT2D eigenvalue weighted by Crippen LogP contribution is -2.58. The Bertz CT molecular complexity index is 671. The Morgan fingerprint density at radius 3 is 1.48 bits per heavy atom. The van der Waals surface area contributed by atoms with Crippen LogP contribution in [-0.2, 0) is 32.8 Å². The van der Waals surface area contributed by atoms with Gasteiger partial charge < -0.3 is 0 Å². The second-order valence-electron chi connectivity index (χ2n) is 5.82. The fourth-order valence-electron chi connectivity index (χ4n) is 1.11. The van der Waals surface area contributed by atoms with Crippen molar-refractivity contribution in [1.82, 2.24) is 0 Å². The lowest BCUT2D eigenvalue weighted by atomic mass is 10.1. The largest absolute Gasteiger partial charge is 0.390 e. The van der Waals surface area contributed by atoms with Gasteiger partial charge in [0, 0.05) is 0 Å². The first-order chi connectivity index (χ1) is 10.6. The minimum absolute atomic E-state index is 0.239. The summed E-state index contributed by atoms with van der Waals surface area (Å²) in [5.74, 6) is -17.5. The van der Waals surface area contributed by atoms with Crippen LogP contribution in [0.2, 0.25) is 19.6 Å². The number of rotatable bonds is 10. The zero-order valence-electron chi connectivity index (χ0n) is 13.4. The molecular weight excluding hydrogens is 426 g/mol. The lowest BCUT2D eigenvalue weighted by molar-refractivity contribution is -0.319. The number of hydrogen-bond acceptors (Lipinski definition) is 7. The fraction of sp³-hybridized carbons (Fsp3) is 1.00. The van der Waals surface area contributed by atoms with Crippen molar-refractivity contribution >= 4 is 28.8 Å². The van der Waals surface area contributed by atoms with Crippen LogP contribution in [0.5, 0.6) is 0 Å². The molecule has 0 aromatic carbocycles. The monoisotopic (exact) mass is 442 g/mol. The molecule has 0 unspecified atom stereocenters. The van der Waals surface area contributed by atoms with Crippen molar-refractivity contribution in [3.63, 3.8) is 0 Å². The summed E-state index contributed by atoms with van der Waals surface area (Å²) in [7, 11) is -12.6. The molecule has 0 fully saturated rings. The van der Waals surface area contributed by atoms with Crippen LogP contribution in [0, 0.1) is 0 Å². The van der Waals surface area contributed by atoms with Crippen LogP contribution < -0.4 is 0 Å². The van der Waals surface area contributed by atoms with Crippen LogP contribution >= 0.6 is 0 Å². The molecule has 0 rings (SSSR count). The van der Waals surface area contributed by atoms with Gasteiger partial charge in [0.1, 0.15) is 13.2 Å². The average Bonchev–Trinajstić information content (AvgIpc) is 2.30. The third kappa shape index (κ3) is 7.77. The van der Waals surface area contributed by atoms with Gasteiger partial charge in [-0.05, 0) is 19.6 Å². The van der Waals surface area contributed by atoms with Gasteiger partial charge in [0.05, 0.1) is 6.26 Å². The van der Waals surface area contributed by atoms with E-state index < -0.39 is 59.8 Å². The van der Waals surface area contributed by atoms with Gasteiger partial charge in [-0.2, -0.15) is 43.2 Å². The van der Waals surface area contributed by atoms with E-state index in [4.69, 9.17) is 0 Å². The van der Waals surface area contributed by atoms with Crippen molar-refractivity contribution in [2.45, 2.75) is 37.4 Å². The van der Waals surface area contributed by atoms with Crippen molar-refractivity contribution in [2.75, 3.05) is 19.5 Å². The van der Waals surface area contributed by atoms with Crippen molar-refractivity contribution in [3.8, 4) is 0 Å². The average molecular weight is 442 g/mol. The molecule has 0 atom stereocenters. The molecule has 0 heterocycles. The summed E-state index contributed by atoms with van der Waals surface area (Å²) in [6.45, 7) is -1.32. The van der Waals surface area contributed by atoms with Crippen LogP contribution in [0.15, 0.2) is 0 Å². The van der Waals surface area contributed by atoms with E-state index in [1.54, 1.807) is 0 Å². The van der Waals surface area contributed by atoms with Gasteiger partial charge >= 0.3 is 28.2 Å². The first kappa shape index (κ1) is 24.6. The molecule has 0 bridgehead atoms. The molecule has 0 saturated carbocycles. The molecule has 0 N–H and O–H groups in total. The predicted octanol–water partition coefficient (Wildman–Crippen LogP) is 1.98. The molecule has 25 heavy (non-hydrogen) atoms. The Morgan fingerprint density at radius 1 is 0.800 bits per heavy atom. The van der Waals surface area contributed by atoms with Crippen LogP contribution in [0.25, 0.3) is 0 Å². The molecule has 16 heteroatoms. The van der Waals surface area contributed by atoms with Gasteiger partial charge in [-0.15, -0.1) is 0 Å². The maximum absolute atomic E-state index is 13.4. The summed E-state index contributed by atoms with van der Waals surface area (Å²) in [6, 6.07) is 0. The van der Waals surface area contributed by atoms with Crippen LogP contribution in [-0.4, -0.2) is 62.4 Å². The smallest absolute Gasteiger partial charge is 0.294 e. The topological polar surface area (TPSA) is 96.0 Å². The molecule has 152 valence electrons. The Kier molecular flexibility index (Phi) is 7.18. The third-order valence-corrected chi connectivity index (χ3v) is 5.88. The van der Waals surface area contributed by atoms with Gasteiger partial charge in [-0.3, -0.25) is 8.06 Å². The normalized spacial score (nSPS) is 15.4. The van der Waals surface area contributed by atoms with E-state index in [9.17, 15) is 43.2 Å². The second-order valence-corrected chi connectivity index (χ2v) is 13.4. The Labute approximate surface area is 141 Å². The second kappa shape index (κ2) is 7.30. The Morgan fingerprint density at radius 2 is 1.16 bits per heavy atom. The van der Waals surface area contributed by atoms with Crippen LogP contribution in [0.3, 0.4) is 0 Å². The van der Waals surface area contributed by atoms with Gasteiger partial charge in [0.15, 0.2) is 0 Å². The predicted molar refractivity (Wildman–Crippen MR) is 74.9 cm³/mol. The summed E-state index contributed by atoms with van der Waals surface area (Å²) in [4.78, 5) is 0. The Balaban J connectivity index is 5.27. The van der Waals surface area contributed by atoms with Crippen LogP contribution in [0.1, 0.15) is 0 Å². The molecule has 0 aliphatic heterocycles. The van der Waals surface area contributed by atoms with Crippen molar-refractivity contribution in [2.24, 2.45) is 0 Å². The zero-order valence-corrected chi connectivity index (χ0v) is 16.0. The van der Waals surface area contributed by atoms with Gasteiger partial charge in [-0.1, -0.05) is 0 Å². The summed E-state index contributed by atoms with van der Waals surface area (Å²) in [5.41, 5.74) is 0. The molecular formula is C9H16F6O7S2Si. The molecule has 0 amide bonds. The number of hydrogen-bond donors (Lipinski definition) is 0. The van der Waals surface area contributed by atoms with E-state index in [1.165, 1.54) is 19.6 Å². The van der Waals surface area contributed by atoms with Gasteiger partial charge in [0.2, 0.25) is 8.32 Å². The molecule has 0 saturated heterocycles. The fourth-order valence-corrected chi connectivity index (χ4v) is 4.40. The standard InChI is InChI=1S/C9H16F6O7S2Si/c1-23(16,17)20-5-7(10,11)9(14,15)8(12,13)6-21-24(18,19)22-25(2,3)4/h5-6H2,1-4H3. The SMILES string of the molecule is C[Si](C)(C)OS(=O)(=O)OCC(F)(F)C(F)(F)C(F)(F)COS(C)(=O)=O. The minimum atomic E-state index is -6.18. The zero-order chi connectivity index (χ0) is 20.5. The van der Waals surface area contributed by atoms with E-state index in [1.807, 2.05) is 0 Å². The van der Waals surface area contributed by atoms with Crippen molar-refractivity contribution in [3.05, 3.63) is 0 Å². The summed E-state index contributed by atoms with van der Waals surface area (Å²) in [5, 5.41) is 0. The summed E-state index contributed by atoms with van der Waals surface area (Å²) < 4.78 is 135. The molecule has 0 aliphatic carbocycles. The van der Waals surface area contributed by atoms with Gasteiger partial charge in [-0.25, -0.2) is 4.18 Å². The first-order valence-corrected chi connectivity index (χ1v) is 12.8. The van der Waals surface area contributed by atoms with E-state index >= 15 is 0 Å². The summed E-state index contributed by atoms with van der Waals surface area (Å²) in [6.07, 6.45) is 0.239.